The van der Waals surface area contributed by atoms with Crippen LogP contribution in [-0.4, -0.2) is 43.9 Å². The standard InChI is InChI=1S/C11H14O5S.H2O/c1-8(12)7-17(14,15)10-5-3-9(4-6-10)11(13)16-2;/h3-6,8,12H,7H2,1-2H3;1H2/t8-;/m1./s1. The molecule has 0 aliphatic heterocycles. The topological polar surface area (TPSA) is 112 Å². The molecule has 3 N–H and O–H groups in total. The lowest BCUT2D eigenvalue weighted by molar-refractivity contribution is 0.0600. The largest absolute Gasteiger partial charge is 0.465 e. The summed E-state index contributed by atoms with van der Waals surface area (Å²) < 4.78 is 27.9. The smallest absolute Gasteiger partial charge is 0.337 e. The fourth-order valence-electron chi connectivity index (χ4n) is 1.33. The number of ether oxygens (including phenoxy) is 1. The maximum Gasteiger partial charge on any atom is 0.337 e. The number of rotatable bonds is 4. The van der Waals surface area contributed by atoms with Crippen LogP contribution in [0.3, 0.4) is 0 Å². The van der Waals surface area contributed by atoms with Crippen LogP contribution in [0.2, 0.25) is 0 Å². The van der Waals surface area contributed by atoms with Crippen molar-refractivity contribution in [3.05, 3.63) is 29.8 Å². The summed E-state index contributed by atoms with van der Waals surface area (Å²) in [5, 5.41) is 9.08. The minimum atomic E-state index is -3.51. The van der Waals surface area contributed by atoms with E-state index in [1.807, 2.05) is 0 Å². The summed E-state index contributed by atoms with van der Waals surface area (Å²) in [6, 6.07) is 5.40. The van der Waals surface area contributed by atoms with Crippen molar-refractivity contribution < 1.29 is 28.5 Å². The van der Waals surface area contributed by atoms with Crippen LogP contribution in [0, 0.1) is 0 Å². The van der Waals surface area contributed by atoms with Crippen LogP contribution in [-0.2, 0) is 14.6 Å². The maximum atomic E-state index is 11.7. The third kappa shape index (κ3) is 4.10. The number of sulfone groups is 1. The van der Waals surface area contributed by atoms with E-state index < -0.39 is 21.9 Å². The fraction of sp³-hybridized carbons (Fsp3) is 0.364. The van der Waals surface area contributed by atoms with Gasteiger partial charge in [0.2, 0.25) is 0 Å². The lowest BCUT2D eigenvalue weighted by Crippen LogP contribution is -2.17. The average Bonchev–Trinajstić information content (AvgIpc) is 2.26. The highest BCUT2D eigenvalue weighted by atomic mass is 32.2. The van der Waals surface area contributed by atoms with Gasteiger partial charge in [0.1, 0.15) is 0 Å². The molecule has 1 aromatic rings. The highest BCUT2D eigenvalue weighted by Gasteiger charge is 2.17. The number of hydrogen-bond donors (Lipinski definition) is 1. The van der Waals surface area contributed by atoms with Gasteiger partial charge in [0.05, 0.1) is 29.4 Å². The molecule has 0 saturated heterocycles. The van der Waals surface area contributed by atoms with Crippen LogP contribution < -0.4 is 0 Å². The van der Waals surface area contributed by atoms with E-state index in [1.165, 1.54) is 38.3 Å². The SMILES string of the molecule is COC(=O)c1ccc(S(=O)(=O)C[C@@H](C)O)cc1.O. The molecule has 0 aromatic heterocycles. The van der Waals surface area contributed by atoms with E-state index in [9.17, 15) is 13.2 Å². The Morgan fingerprint density at radius 2 is 1.83 bits per heavy atom. The van der Waals surface area contributed by atoms with E-state index >= 15 is 0 Å². The van der Waals surface area contributed by atoms with E-state index in [-0.39, 0.29) is 21.7 Å². The molecule has 18 heavy (non-hydrogen) atoms. The highest BCUT2D eigenvalue weighted by molar-refractivity contribution is 7.91. The minimum Gasteiger partial charge on any atom is -0.465 e. The monoisotopic (exact) mass is 276 g/mol. The second-order valence-electron chi connectivity index (χ2n) is 3.65. The first-order chi connectivity index (χ1) is 7.86. The van der Waals surface area contributed by atoms with Crippen molar-refractivity contribution in [2.24, 2.45) is 0 Å². The Balaban J connectivity index is 0.00000289. The van der Waals surface area contributed by atoms with Gasteiger partial charge in [-0.15, -0.1) is 0 Å². The Bertz CT molecular complexity index is 489. The molecular formula is C11H16O6S. The van der Waals surface area contributed by atoms with Gasteiger partial charge in [0, 0.05) is 0 Å². The van der Waals surface area contributed by atoms with Gasteiger partial charge in [-0.3, -0.25) is 0 Å². The number of benzene rings is 1. The third-order valence-corrected chi connectivity index (χ3v) is 4.01. The third-order valence-electron chi connectivity index (χ3n) is 2.10. The number of hydrogen-bond acceptors (Lipinski definition) is 5. The van der Waals surface area contributed by atoms with Crippen LogP contribution in [0.5, 0.6) is 0 Å². The number of carbonyl (C=O) groups excluding carboxylic acids is 1. The first kappa shape index (κ1) is 16.6. The number of aliphatic hydroxyl groups excluding tert-OH is 1. The van der Waals surface area contributed by atoms with Gasteiger partial charge in [-0.25, -0.2) is 13.2 Å². The second kappa shape index (κ2) is 6.48. The van der Waals surface area contributed by atoms with Gasteiger partial charge in [-0.1, -0.05) is 0 Å². The zero-order valence-corrected chi connectivity index (χ0v) is 10.9. The van der Waals surface area contributed by atoms with Crippen molar-refractivity contribution in [3.8, 4) is 0 Å². The van der Waals surface area contributed by atoms with Crippen molar-refractivity contribution in [2.45, 2.75) is 17.9 Å². The summed E-state index contributed by atoms with van der Waals surface area (Å²) in [4.78, 5) is 11.2. The molecule has 0 spiro atoms. The second-order valence-corrected chi connectivity index (χ2v) is 5.68. The zero-order chi connectivity index (χ0) is 13.1. The molecule has 0 heterocycles. The summed E-state index contributed by atoms with van der Waals surface area (Å²) >= 11 is 0. The fourth-order valence-corrected chi connectivity index (χ4v) is 2.71. The van der Waals surface area contributed by atoms with Crippen molar-refractivity contribution >= 4 is 15.8 Å². The Labute approximate surface area is 105 Å². The predicted octanol–water partition coefficient (Wildman–Crippen LogP) is -0.197. The first-order valence-electron chi connectivity index (χ1n) is 4.96. The number of esters is 1. The molecule has 0 unspecified atom stereocenters. The van der Waals surface area contributed by atoms with Gasteiger partial charge >= 0.3 is 5.97 Å². The minimum absolute atomic E-state index is 0. The lowest BCUT2D eigenvalue weighted by atomic mass is 10.2. The van der Waals surface area contributed by atoms with Gasteiger partial charge in [-0.05, 0) is 31.2 Å². The van der Waals surface area contributed by atoms with E-state index in [0.717, 1.165) is 0 Å². The van der Waals surface area contributed by atoms with Crippen LogP contribution in [0.1, 0.15) is 17.3 Å². The van der Waals surface area contributed by atoms with Gasteiger partial charge < -0.3 is 15.3 Å². The van der Waals surface area contributed by atoms with Crippen LogP contribution in [0.25, 0.3) is 0 Å². The van der Waals surface area contributed by atoms with E-state index in [4.69, 9.17) is 5.11 Å². The molecule has 0 saturated carbocycles. The summed E-state index contributed by atoms with van der Waals surface area (Å²) in [5.41, 5.74) is 0.281. The quantitative estimate of drug-likeness (QED) is 0.765. The van der Waals surface area contributed by atoms with Crippen LogP contribution >= 0.6 is 0 Å². The summed E-state index contributed by atoms with van der Waals surface area (Å²) in [6.07, 6.45) is -0.930. The molecular weight excluding hydrogens is 260 g/mol. The molecule has 1 aromatic carbocycles. The molecule has 1 rings (SSSR count). The van der Waals surface area contributed by atoms with E-state index in [2.05, 4.69) is 4.74 Å². The summed E-state index contributed by atoms with van der Waals surface area (Å²) in [7, 11) is -2.26. The predicted molar refractivity (Wildman–Crippen MR) is 65.1 cm³/mol. The first-order valence-corrected chi connectivity index (χ1v) is 6.61. The molecule has 1 atom stereocenters. The number of methoxy groups -OCH3 is 1. The summed E-state index contributed by atoms with van der Waals surface area (Å²) in [6.45, 7) is 1.40. The van der Waals surface area contributed by atoms with Crippen molar-refractivity contribution in [3.63, 3.8) is 0 Å². The Morgan fingerprint density at radius 1 is 1.33 bits per heavy atom. The van der Waals surface area contributed by atoms with Crippen molar-refractivity contribution in [1.82, 2.24) is 0 Å². The lowest BCUT2D eigenvalue weighted by Gasteiger charge is -2.07. The Kier molecular flexibility index (Phi) is 5.96. The molecule has 0 bridgehead atoms. The Morgan fingerprint density at radius 3 is 2.22 bits per heavy atom. The molecule has 0 fully saturated rings. The van der Waals surface area contributed by atoms with E-state index in [0.29, 0.717) is 0 Å². The van der Waals surface area contributed by atoms with Gasteiger partial charge in [0.25, 0.3) is 0 Å². The van der Waals surface area contributed by atoms with Crippen molar-refractivity contribution in [1.29, 1.82) is 0 Å². The number of aliphatic hydroxyl groups is 1. The molecule has 0 amide bonds. The highest BCUT2D eigenvalue weighted by Crippen LogP contribution is 2.14. The van der Waals surface area contributed by atoms with Crippen LogP contribution in [0.15, 0.2) is 29.2 Å². The molecule has 0 radical (unpaired) electrons. The number of carbonyl (C=O) groups is 1. The van der Waals surface area contributed by atoms with Crippen LogP contribution in [0.4, 0.5) is 0 Å². The average molecular weight is 276 g/mol. The maximum absolute atomic E-state index is 11.7. The normalized spacial score (nSPS) is 12.4. The molecule has 7 heteroatoms. The molecule has 102 valence electrons. The van der Waals surface area contributed by atoms with Gasteiger partial charge in [-0.2, -0.15) is 0 Å². The Hall–Kier alpha value is -1.44. The molecule has 6 nitrogen and oxygen atoms in total. The zero-order valence-electron chi connectivity index (χ0n) is 10.1. The molecule has 0 aliphatic carbocycles. The molecule has 0 aliphatic rings. The van der Waals surface area contributed by atoms with Gasteiger partial charge in [0.15, 0.2) is 9.84 Å². The van der Waals surface area contributed by atoms with Crippen molar-refractivity contribution in [2.75, 3.05) is 12.9 Å². The van der Waals surface area contributed by atoms with E-state index in [1.54, 1.807) is 0 Å². The summed E-state index contributed by atoms with van der Waals surface area (Å²) in [5.74, 6) is -0.866.